The first-order valence-corrected chi connectivity index (χ1v) is 11.8. The van der Waals surface area contributed by atoms with Crippen molar-refractivity contribution in [2.24, 2.45) is 40.4 Å². The first-order chi connectivity index (χ1) is 14.1. The maximum absolute atomic E-state index is 12.9. The zero-order valence-electron chi connectivity index (χ0n) is 18.8. The molecule has 0 heterocycles. The topological polar surface area (TPSA) is 60.4 Å². The Bertz CT molecular complexity index is 899. The number of rotatable bonds is 3. The van der Waals surface area contributed by atoms with Crippen molar-refractivity contribution in [1.29, 1.82) is 0 Å². The highest BCUT2D eigenvalue weighted by Crippen LogP contribution is 2.73. The van der Waals surface area contributed by atoms with Crippen molar-refractivity contribution in [3.8, 4) is 0 Å². The Morgan fingerprint density at radius 3 is 2.53 bits per heavy atom. The van der Waals surface area contributed by atoms with Crippen LogP contribution in [0.4, 0.5) is 0 Å². The van der Waals surface area contributed by atoms with E-state index in [1.54, 1.807) is 13.8 Å². The molecule has 0 aromatic rings. The van der Waals surface area contributed by atoms with Gasteiger partial charge in [0.1, 0.15) is 0 Å². The third-order valence-corrected chi connectivity index (χ3v) is 10.1. The minimum absolute atomic E-state index is 0.000275. The number of carbonyl (C=O) groups excluding carboxylic acids is 3. The molecule has 30 heavy (non-hydrogen) atoms. The molecular formula is C26H34O4. The molecule has 162 valence electrons. The van der Waals surface area contributed by atoms with Gasteiger partial charge in [0.05, 0.1) is 0 Å². The van der Waals surface area contributed by atoms with E-state index >= 15 is 0 Å². The number of ether oxygens (including phenoxy) is 1. The van der Waals surface area contributed by atoms with E-state index in [0.717, 1.165) is 37.7 Å². The predicted octanol–water partition coefficient (Wildman–Crippen LogP) is 4.82. The normalized spacial score (nSPS) is 48.7. The van der Waals surface area contributed by atoms with Gasteiger partial charge >= 0.3 is 5.97 Å². The monoisotopic (exact) mass is 410 g/mol. The summed E-state index contributed by atoms with van der Waals surface area (Å²) < 4.78 is 6.00. The van der Waals surface area contributed by atoms with Crippen LogP contribution in [0.3, 0.4) is 0 Å². The summed E-state index contributed by atoms with van der Waals surface area (Å²) in [6.07, 6.45) is 7.59. The second-order valence-electron chi connectivity index (χ2n) is 11.1. The largest absolute Gasteiger partial charge is 0.450 e. The molecule has 0 spiro atoms. The summed E-state index contributed by atoms with van der Waals surface area (Å²) in [5.41, 5.74) is 1.05. The van der Waals surface area contributed by atoms with Gasteiger partial charge in [-0.15, -0.1) is 0 Å². The van der Waals surface area contributed by atoms with Crippen molar-refractivity contribution in [2.45, 2.75) is 78.2 Å². The van der Waals surface area contributed by atoms with Gasteiger partial charge in [0.2, 0.25) is 0 Å². The minimum Gasteiger partial charge on any atom is -0.450 e. The number of hydrogen-bond acceptors (Lipinski definition) is 4. The molecule has 0 aliphatic heterocycles. The average molecular weight is 411 g/mol. The first kappa shape index (κ1) is 20.2. The van der Waals surface area contributed by atoms with Crippen molar-refractivity contribution in [3.05, 3.63) is 23.8 Å². The van der Waals surface area contributed by atoms with E-state index in [2.05, 4.69) is 20.4 Å². The lowest BCUT2D eigenvalue weighted by Crippen LogP contribution is -2.59. The molecule has 5 aliphatic rings. The van der Waals surface area contributed by atoms with Crippen LogP contribution in [0.5, 0.6) is 0 Å². The fourth-order valence-corrected chi connectivity index (χ4v) is 8.53. The Labute approximate surface area is 179 Å². The number of ketones is 2. The summed E-state index contributed by atoms with van der Waals surface area (Å²) in [7, 11) is 0. The number of hydrogen-bond donors (Lipinski definition) is 0. The average Bonchev–Trinajstić information content (AvgIpc) is 3.45. The molecule has 0 radical (unpaired) electrons. The van der Waals surface area contributed by atoms with Crippen LogP contribution in [0.2, 0.25) is 0 Å². The standard InChI is InChI=1S/C26H34O4/c1-6-23(29)30-26(15(3)27)10-8-18-16-11-14(2)20-13-22(28)17-12-21(17)25(20,5)19(16)7-9-24(18,26)4/h13,16-19,21H,2,6-12H2,1,3-5H3/t16-,17+,18-,19-,21-,24-,25+,26-/m0/s1. The van der Waals surface area contributed by atoms with Crippen LogP contribution in [0.25, 0.3) is 0 Å². The molecule has 8 atom stereocenters. The lowest BCUT2D eigenvalue weighted by atomic mass is 9.45. The predicted molar refractivity (Wildman–Crippen MR) is 113 cm³/mol. The summed E-state index contributed by atoms with van der Waals surface area (Å²) in [6.45, 7) is 12.4. The van der Waals surface area contributed by atoms with E-state index in [1.165, 1.54) is 5.57 Å². The fraction of sp³-hybridized carbons (Fsp3) is 0.731. The van der Waals surface area contributed by atoms with Gasteiger partial charge in [-0.3, -0.25) is 14.4 Å². The van der Waals surface area contributed by atoms with Gasteiger partial charge in [0.15, 0.2) is 17.2 Å². The summed E-state index contributed by atoms with van der Waals surface area (Å²) in [4.78, 5) is 37.7. The van der Waals surface area contributed by atoms with E-state index in [0.29, 0.717) is 42.3 Å². The Hall–Kier alpha value is -1.71. The zero-order chi connectivity index (χ0) is 21.6. The second kappa shape index (κ2) is 6.17. The molecule has 0 N–H and O–H groups in total. The molecule has 0 aromatic carbocycles. The van der Waals surface area contributed by atoms with Crippen molar-refractivity contribution >= 4 is 17.5 Å². The molecule has 0 aromatic heterocycles. The molecule has 0 saturated heterocycles. The van der Waals surface area contributed by atoms with E-state index in [1.807, 2.05) is 6.08 Å². The molecule has 5 rings (SSSR count). The Morgan fingerprint density at radius 2 is 1.87 bits per heavy atom. The van der Waals surface area contributed by atoms with E-state index in [-0.39, 0.29) is 28.5 Å². The van der Waals surface area contributed by atoms with Crippen molar-refractivity contribution in [2.75, 3.05) is 0 Å². The number of esters is 1. The molecule has 4 saturated carbocycles. The first-order valence-electron chi connectivity index (χ1n) is 11.8. The van der Waals surface area contributed by atoms with Crippen molar-refractivity contribution < 1.29 is 19.1 Å². The number of allylic oxidation sites excluding steroid dienone is 2. The van der Waals surface area contributed by atoms with Gasteiger partial charge in [0, 0.05) is 17.8 Å². The highest BCUT2D eigenvalue weighted by atomic mass is 16.6. The molecule has 4 heteroatoms. The van der Waals surface area contributed by atoms with Crippen LogP contribution >= 0.6 is 0 Å². The molecule has 4 nitrogen and oxygen atoms in total. The summed E-state index contributed by atoms with van der Waals surface area (Å²) in [5.74, 6) is 1.99. The number of carbonyl (C=O) groups is 3. The van der Waals surface area contributed by atoms with Crippen LogP contribution in [0, 0.1) is 40.4 Å². The van der Waals surface area contributed by atoms with E-state index < -0.39 is 5.60 Å². The van der Waals surface area contributed by atoms with Crippen LogP contribution in [0.15, 0.2) is 23.8 Å². The molecule has 0 unspecified atom stereocenters. The number of Topliss-reactive ketones (excluding diaryl/α,β-unsaturated/α-hetero) is 1. The van der Waals surface area contributed by atoms with Gasteiger partial charge in [-0.25, -0.2) is 0 Å². The molecule has 0 bridgehead atoms. The third kappa shape index (κ3) is 2.26. The van der Waals surface area contributed by atoms with Crippen LogP contribution in [0.1, 0.15) is 72.6 Å². The van der Waals surface area contributed by atoms with Crippen molar-refractivity contribution in [3.63, 3.8) is 0 Å². The number of fused-ring (bicyclic) bond motifs is 7. The lowest BCUT2D eigenvalue weighted by molar-refractivity contribution is -0.188. The maximum Gasteiger partial charge on any atom is 0.306 e. The van der Waals surface area contributed by atoms with Gasteiger partial charge in [-0.05, 0) is 86.2 Å². The van der Waals surface area contributed by atoms with Gasteiger partial charge in [0.25, 0.3) is 0 Å². The van der Waals surface area contributed by atoms with Crippen molar-refractivity contribution in [1.82, 2.24) is 0 Å². The maximum atomic E-state index is 12.9. The van der Waals surface area contributed by atoms with Crippen LogP contribution < -0.4 is 0 Å². The van der Waals surface area contributed by atoms with E-state index in [4.69, 9.17) is 4.74 Å². The highest BCUT2D eigenvalue weighted by Gasteiger charge is 2.70. The quantitative estimate of drug-likeness (QED) is 0.626. The molecule has 4 fully saturated rings. The van der Waals surface area contributed by atoms with Crippen LogP contribution in [-0.4, -0.2) is 23.1 Å². The van der Waals surface area contributed by atoms with Gasteiger partial charge < -0.3 is 4.74 Å². The summed E-state index contributed by atoms with van der Waals surface area (Å²) >= 11 is 0. The molecule has 5 aliphatic carbocycles. The van der Waals surface area contributed by atoms with Crippen LogP contribution in [-0.2, 0) is 19.1 Å². The smallest absolute Gasteiger partial charge is 0.306 e. The fourth-order valence-electron chi connectivity index (χ4n) is 8.53. The third-order valence-electron chi connectivity index (χ3n) is 10.1. The Kier molecular flexibility index (Phi) is 4.16. The van der Waals surface area contributed by atoms with E-state index in [9.17, 15) is 14.4 Å². The van der Waals surface area contributed by atoms with Gasteiger partial charge in [-0.2, -0.15) is 0 Å². The highest BCUT2D eigenvalue weighted by molar-refractivity contribution is 5.97. The zero-order valence-corrected chi connectivity index (χ0v) is 18.8. The minimum atomic E-state index is -0.987. The second-order valence-corrected chi connectivity index (χ2v) is 11.1. The summed E-state index contributed by atoms with van der Waals surface area (Å²) in [6, 6.07) is 0. The Balaban J connectivity index is 1.54. The molecular weight excluding hydrogens is 376 g/mol. The summed E-state index contributed by atoms with van der Waals surface area (Å²) in [5, 5.41) is 0. The Morgan fingerprint density at radius 1 is 1.17 bits per heavy atom. The lowest BCUT2D eigenvalue weighted by Gasteiger charge is -2.59. The SMILES string of the molecule is C=C1C[C@@H]2[C@H](CC[C@@]3(C)[C@H]2CC[C@]3(OC(=O)CC)C(C)=O)[C@]2(C)C1=CC(=O)[C@@H]1C[C@@H]12. The van der Waals surface area contributed by atoms with Gasteiger partial charge in [-0.1, -0.05) is 32.9 Å². The molecule has 0 amide bonds.